The molecule has 0 aliphatic heterocycles. The molecule has 7 heteroatoms. The van der Waals surface area contributed by atoms with Crippen molar-refractivity contribution in [2.75, 3.05) is 13.6 Å². The number of carboxylic acids is 1. The maximum absolute atomic E-state index is 12.9. The second kappa shape index (κ2) is 6.22. The lowest BCUT2D eigenvalue weighted by atomic mass is 10.0. The molecule has 7 nitrogen and oxygen atoms in total. The van der Waals surface area contributed by atoms with Gasteiger partial charge < -0.3 is 14.5 Å². The van der Waals surface area contributed by atoms with E-state index in [9.17, 15) is 9.59 Å². The maximum Gasteiger partial charge on any atom is 0.305 e. The Morgan fingerprint density at radius 2 is 2.12 bits per heavy atom. The summed E-state index contributed by atoms with van der Waals surface area (Å²) in [6, 6.07) is 1.82. The van der Waals surface area contributed by atoms with Crippen molar-refractivity contribution in [1.29, 1.82) is 0 Å². The van der Waals surface area contributed by atoms with Crippen LogP contribution in [0.5, 0.6) is 0 Å². The number of aliphatic carboxylic acids is 1. The molecule has 0 spiro atoms. The van der Waals surface area contributed by atoms with Gasteiger partial charge in [-0.25, -0.2) is 4.98 Å². The van der Waals surface area contributed by atoms with Crippen molar-refractivity contribution in [2.45, 2.75) is 44.9 Å². The van der Waals surface area contributed by atoms with E-state index < -0.39 is 5.97 Å². The van der Waals surface area contributed by atoms with Crippen LogP contribution in [0.25, 0.3) is 11.1 Å². The zero-order valence-corrected chi connectivity index (χ0v) is 14.1. The van der Waals surface area contributed by atoms with Crippen molar-refractivity contribution in [1.82, 2.24) is 15.0 Å². The Bertz CT molecular complexity index is 792. The minimum atomic E-state index is -0.930. The lowest BCUT2D eigenvalue weighted by Crippen LogP contribution is -2.29. The predicted molar refractivity (Wildman–Crippen MR) is 87.1 cm³/mol. The second-order valence-corrected chi connectivity index (χ2v) is 6.64. The van der Waals surface area contributed by atoms with Gasteiger partial charge in [0.05, 0.1) is 23.1 Å². The van der Waals surface area contributed by atoms with Gasteiger partial charge in [-0.1, -0.05) is 19.0 Å². The lowest BCUT2D eigenvalue weighted by Gasteiger charge is -2.17. The van der Waals surface area contributed by atoms with Crippen LogP contribution in [0.1, 0.15) is 66.7 Å². The number of nitrogens with zero attached hydrogens (tertiary/aromatic N) is 3. The summed E-state index contributed by atoms with van der Waals surface area (Å²) in [5.41, 5.74) is 2.44. The van der Waals surface area contributed by atoms with Gasteiger partial charge in [0.15, 0.2) is 0 Å². The van der Waals surface area contributed by atoms with E-state index in [1.165, 1.54) is 4.90 Å². The third-order valence-corrected chi connectivity index (χ3v) is 4.27. The summed E-state index contributed by atoms with van der Waals surface area (Å²) in [7, 11) is 1.61. The first kappa shape index (κ1) is 16.4. The van der Waals surface area contributed by atoms with Crippen LogP contribution >= 0.6 is 0 Å². The zero-order valence-electron chi connectivity index (χ0n) is 14.1. The second-order valence-electron chi connectivity index (χ2n) is 6.64. The van der Waals surface area contributed by atoms with Gasteiger partial charge in [-0.15, -0.1) is 0 Å². The molecule has 0 saturated heterocycles. The number of aromatic nitrogens is 2. The topological polar surface area (TPSA) is 96.5 Å². The Kier molecular flexibility index (Phi) is 4.26. The summed E-state index contributed by atoms with van der Waals surface area (Å²) in [6.07, 6.45) is 2.03. The summed E-state index contributed by atoms with van der Waals surface area (Å²) in [6.45, 7) is 4.11. The molecule has 3 rings (SSSR count). The summed E-state index contributed by atoms with van der Waals surface area (Å²) in [5.74, 6) is -0.690. The molecule has 128 valence electrons. The third kappa shape index (κ3) is 3.11. The van der Waals surface area contributed by atoms with Gasteiger partial charge >= 0.3 is 5.97 Å². The van der Waals surface area contributed by atoms with Crippen molar-refractivity contribution in [3.63, 3.8) is 0 Å². The number of carbonyl (C=O) groups is 2. The van der Waals surface area contributed by atoms with E-state index in [4.69, 9.17) is 9.63 Å². The third-order valence-electron chi connectivity index (χ3n) is 4.27. The molecule has 1 fully saturated rings. The number of carboxylic acid groups (broad SMARTS) is 1. The molecule has 1 saturated carbocycles. The normalized spacial score (nSPS) is 14.3. The number of hydrogen-bond acceptors (Lipinski definition) is 5. The molecule has 1 amide bonds. The summed E-state index contributed by atoms with van der Waals surface area (Å²) in [5, 5.41) is 13.6. The highest BCUT2D eigenvalue weighted by molar-refractivity contribution is 6.06. The Labute approximate surface area is 139 Å². The highest BCUT2D eigenvalue weighted by Crippen LogP contribution is 2.41. The molecule has 0 radical (unpaired) electrons. The molecule has 1 N–H and O–H groups in total. The quantitative estimate of drug-likeness (QED) is 0.874. The fourth-order valence-corrected chi connectivity index (χ4v) is 2.71. The molecule has 24 heavy (non-hydrogen) atoms. The molecule has 2 aromatic heterocycles. The monoisotopic (exact) mass is 331 g/mol. The van der Waals surface area contributed by atoms with Crippen molar-refractivity contribution in [2.24, 2.45) is 0 Å². The van der Waals surface area contributed by atoms with Gasteiger partial charge in [0.2, 0.25) is 0 Å². The summed E-state index contributed by atoms with van der Waals surface area (Å²) in [4.78, 5) is 29.6. The van der Waals surface area contributed by atoms with Crippen LogP contribution in [-0.2, 0) is 4.79 Å². The van der Waals surface area contributed by atoms with E-state index in [0.29, 0.717) is 28.3 Å². The number of carbonyl (C=O) groups excluding carboxylic acids is 1. The largest absolute Gasteiger partial charge is 0.481 e. The zero-order chi connectivity index (χ0) is 17.4. The molecular weight excluding hydrogens is 310 g/mol. The smallest absolute Gasteiger partial charge is 0.305 e. The van der Waals surface area contributed by atoms with Gasteiger partial charge in [-0.3, -0.25) is 9.59 Å². The van der Waals surface area contributed by atoms with Crippen molar-refractivity contribution >= 4 is 23.0 Å². The summed E-state index contributed by atoms with van der Waals surface area (Å²) >= 11 is 0. The van der Waals surface area contributed by atoms with E-state index in [0.717, 1.165) is 18.5 Å². The molecule has 2 heterocycles. The molecule has 0 aromatic carbocycles. The van der Waals surface area contributed by atoms with Gasteiger partial charge in [-0.05, 0) is 24.8 Å². The fraction of sp³-hybridized carbons (Fsp3) is 0.529. The van der Waals surface area contributed by atoms with Crippen LogP contribution in [0, 0.1) is 0 Å². The molecule has 0 bridgehead atoms. The number of hydrogen-bond donors (Lipinski definition) is 1. The molecule has 1 aliphatic rings. The highest BCUT2D eigenvalue weighted by atomic mass is 16.5. The van der Waals surface area contributed by atoms with Crippen molar-refractivity contribution in [3.05, 3.63) is 23.0 Å². The first-order valence-corrected chi connectivity index (χ1v) is 8.16. The van der Waals surface area contributed by atoms with Crippen LogP contribution in [0.4, 0.5) is 0 Å². The van der Waals surface area contributed by atoms with E-state index in [2.05, 4.69) is 10.1 Å². The first-order valence-electron chi connectivity index (χ1n) is 8.16. The fourth-order valence-electron chi connectivity index (χ4n) is 2.71. The molecular formula is C17H21N3O4. The average Bonchev–Trinajstić information content (AvgIpc) is 3.29. The van der Waals surface area contributed by atoms with E-state index in [-0.39, 0.29) is 24.8 Å². The van der Waals surface area contributed by atoms with Crippen LogP contribution < -0.4 is 0 Å². The molecule has 0 atom stereocenters. The van der Waals surface area contributed by atoms with Crippen molar-refractivity contribution < 1.29 is 19.2 Å². The van der Waals surface area contributed by atoms with Crippen molar-refractivity contribution in [3.8, 4) is 0 Å². The Morgan fingerprint density at radius 1 is 1.42 bits per heavy atom. The van der Waals surface area contributed by atoms with Crippen LogP contribution in [-0.4, -0.2) is 45.6 Å². The van der Waals surface area contributed by atoms with Gasteiger partial charge in [0, 0.05) is 25.2 Å². The lowest BCUT2D eigenvalue weighted by molar-refractivity contribution is -0.137. The molecule has 1 aliphatic carbocycles. The van der Waals surface area contributed by atoms with Crippen LogP contribution in [0.15, 0.2) is 10.6 Å². The first-order chi connectivity index (χ1) is 11.4. The Morgan fingerprint density at radius 3 is 2.71 bits per heavy atom. The van der Waals surface area contributed by atoms with E-state index >= 15 is 0 Å². The number of pyridine rings is 1. The van der Waals surface area contributed by atoms with Gasteiger partial charge in [-0.2, -0.15) is 0 Å². The standard InChI is InChI=1S/C17H21N3O4/c1-9(2)15-14-11(17(23)20(3)7-6-13(21)22)8-12(10-4-5-10)18-16(14)24-19-15/h8-10H,4-7H2,1-3H3,(H,21,22). The van der Waals surface area contributed by atoms with Crippen LogP contribution in [0.2, 0.25) is 0 Å². The minimum Gasteiger partial charge on any atom is -0.481 e. The minimum absolute atomic E-state index is 0.0907. The Hall–Kier alpha value is -2.44. The summed E-state index contributed by atoms with van der Waals surface area (Å²) < 4.78 is 5.37. The number of rotatable bonds is 6. The van der Waals surface area contributed by atoms with Gasteiger partial charge in [0.1, 0.15) is 0 Å². The highest BCUT2D eigenvalue weighted by Gasteiger charge is 2.30. The predicted octanol–water partition coefficient (Wildman–Crippen LogP) is 2.77. The number of amides is 1. The molecule has 2 aromatic rings. The van der Waals surface area contributed by atoms with Crippen LogP contribution in [0.3, 0.4) is 0 Å². The Balaban J connectivity index is 2.04. The average molecular weight is 331 g/mol. The number of fused-ring (bicyclic) bond motifs is 1. The maximum atomic E-state index is 12.9. The SMILES string of the molecule is CC(C)c1noc2nc(C3CC3)cc(C(=O)N(C)CCC(=O)O)c12. The van der Waals surface area contributed by atoms with E-state index in [1.807, 2.05) is 19.9 Å². The van der Waals surface area contributed by atoms with Gasteiger partial charge in [0.25, 0.3) is 11.6 Å². The van der Waals surface area contributed by atoms with E-state index in [1.54, 1.807) is 7.05 Å². The molecule has 0 unspecified atom stereocenters.